The van der Waals surface area contributed by atoms with E-state index in [9.17, 15) is 4.79 Å². The summed E-state index contributed by atoms with van der Waals surface area (Å²) in [6, 6.07) is 7.76. The van der Waals surface area contributed by atoms with Crippen LogP contribution >= 0.6 is 0 Å². The van der Waals surface area contributed by atoms with Gasteiger partial charge in [0.25, 0.3) is 5.91 Å². The van der Waals surface area contributed by atoms with Gasteiger partial charge in [0, 0.05) is 11.6 Å². The molecule has 0 unspecified atom stereocenters. The van der Waals surface area contributed by atoms with Crippen LogP contribution in [0, 0.1) is 20.8 Å². The standard InChI is InChI=1S/C18H21N5O2/c1-10(2)23-15(9-13(5)22-23)16(24)19-18-21-20-17(25-18)14-7-6-11(3)12(4)8-14/h6-10H,1-5H3,(H,19,21,24). The van der Waals surface area contributed by atoms with Crippen molar-refractivity contribution in [2.24, 2.45) is 0 Å². The number of amides is 1. The fraction of sp³-hybridized carbons (Fsp3) is 0.333. The molecule has 1 aromatic carbocycles. The number of aromatic nitrogens is 4. The van der Waals surface area contributed by atoms with Crippen LogP contribution in [0.5, 0.6) is 0 Å². The van der Waals surface area contributed by atoms with Gasteiger partial charge in [-0.3, -0.25) is 14.8 Å². The maximum absolute atomic E-state index is 12.5. The maximum Gasteiger partial charge on any atom is 0.322 e. The van der Waals surface area contributed by atoms with Gasteiger partial charge in [0.2, 0.25) is 5.89 Å². The molecule has 0 bridgehead atoms. The van der Waals surface area contributed by atoms with Crippen molar-refractivity contribution in [2.75, 3.05) is 5.32 Å². The van der Waals surface area contributed by atoms with E-state index in [4.69, 9.17) is 4.42 Å². The molecule has 7 heteroatoms. The molecule has 25 heavy (non-hydrogen) atoms. The van der Waals surface area contributed by atoms with Crippen LogP contribution in [0.25, 0.3) is 11.5 Å². The van der Waals surface area contributed by atoms with Crippen LogP contribution in [0.2, 0.25) is 0 Å². The molecule has 0 aliphatic carbocycles. The normalized spacial score (nSPS) is 11.1. The number of nitrogens with zero attached hydrogens (tertiary/aromatic N) is 4. The molecule has 3 aromatic rings. The summed E-state index contributed by atoms with van der Waals surface area (Å²) in [7, 11) is 0. The lowest BCUT2D eigenvalue weighted by molar-refractivity contribution is 0.101. The molecule has 2 heterocycles. The summed E-state index contributed by atoms with van der Waals surface area (Å²) < 4.78 is 7.25. The molecule has 130 valence electrons. The number of aryl methyl sites for hydroxylation is 3. The summed E-state index contributed by atoms with van der Waals surface area (Å²) in [6.45, 7) is 9.84. The molecule has 0 saturated heterocycles. The van der Waals surface area contributed by atoms with E-state index in [0.717, 1.165) is 16.8 Å². The fourth-order valence-corrected chi connectivity index (χ4v) is 2.51. The minimum absolute atomic E-state index is 0.0624. The van der Waals surface area contributed by atoms with Gasteiger partial charge >= 0.3 is 6.01 Å². The summed E-state index contributed by atoms with van der Waals surface area (Å²) in [4.78, 5) is 12.5. The van der Waals surface area contributed by atoms with Gasteiger partial charge in [0.05, 0.1) is 5.69 Å². The topological polar surface area (TPSA) is 85.8 Å². The largest absolute Gasteiger partial charge is 0.403 e. The highest BCUT2D eigenvalue weighted by Crippen LogP contribution is 2.23. The van der Waals surface area contributed by atoms with Crippen molar-refractivity contribution in [3.8, 4) is 11.5 Å². The van der Waals surface area contributed by atoms with E-state index >= 15 is 0 Å². The zero-order valence-electron chi connectivity index (χ0n) is 15.0. The number of carbonyl (C=O) groups excluding carboxylic acids is 1. The zero-order valence-corrected chi connectivity index (χ0v) is 15.0. The van der Waals surface area contributed by atoms with Gasteiger partial charge in [-0.1, -0.05) is 11.2 Å². The van der Waals surface area contributed by atoms with Crippen molar-refractivity contribution in [1.82, 2.24) is 20.0 Å². The number of hydrogen-bond acceptors (Lipinski definition) is 5. The average molecular weight is 339 g/mol. The minimum Gasteiger partial charge on any atom is -0.403 e. The van der Waals surface area contributed by atoms with Gasteiger partial charge in [-0.25, -0.2) is 0 Å². The molecular formula is C18H21N5O2. The Morgan fingerprint density at radius 2 is 1.88 bits per heavy atom. The third kappa shape index (κ3) is 3.45. The minimum atomic E-state index is -0.329. The Balaban J connectivity index is 1.81. The van der Waals surface area contributed by atoms with E-state index < -0.39 is 0 Å². The molecule has 0 aliphatic rings. The molecule has 0 fully saturated rings. The number of carbonyl (C=O) groups is 1. The molecule has 3 rings (SSSR count). The molecule has 0 atom stereocenters. The SMILES string of the molecule is Cc1cc(C(=O)Nc2nnc(-c3ccc(C)c(C)c3)o2)n(C(C)C)n1. The first-order chi connectivity index (χ1) is 11.8. The van der Waals surface area contributed by atoms with E-state index in [0.29, 0.717) is 11.6 Å². The van der Waals surface area contributed by atoms with Gasteiger partial charge in [-0.15, -0.1) is 5.10 Å². The summed E-state index contributed by atoms with van der Waals surface area (Å²) >= 11 is 0. The third-order valence-corrected chi connectivity index (χ3v) is 3.98. The lowest BCUT2D eigenvalue weighted by Gasteiger charge is -2.09. The zero-order chi connectivity index (χ0) is 18.1. The Labute approximate surface area is 146 Å². The second kappa shape index (κ2) is 6.51. The molecule has 0 saturated carbocycles. The second-order valence-electron chi connectivity index (χ2n) is 6.37. The third-order valence-electron chi connectivity index (χ3n) is 3.98. The fourth-order valence-electron chi connectivity index (χ4n) is 2.51. The Hall–Kier alpha value is -2.96. The van der Waals surface area contributed by atoms with E-state index in [1.165, 1.54) is 5.56 Å². The first-order valence-electron chi connectivity index (χ1n) is 8.14. The van der Waals surface area contributed by atoms with Crippen molar-refractivity contribution < 1.29 is 9.21 Å². The first kappa shape index (κ1) is 16.9. The maximum atomic E-state index is 12.5. The first-order valence-corrected chi connectivity index (χ1v) is 8.14. The molecule has 0 aliphatic heterocycles. The molecule has 1 amide bonds. The van der Waals surface area contributed by atoms with Crippen LogP contribution in [-0.2, 0) is 0 Å². The molecule has 7 nitrogen and oxygen atoms in total. The van der Waals surface area contributed by atoms with Crippen molar-refractivity contribution in [2.45, 2.75) is 40.7 Å². The average Bonchev–Trinajstić information content (AvgIpc) is 3.16. The van der Waals surface area contributed by atoms with Crippen LogP contribution in [0.1, 0.15) is 47.2 Å². The van der Waals surface area contributed by atoms with E-state index in [2.05, 4.69) is 20.6 Å². The van der Waals surface area contributed by atoms with Crippen molar-refractivity contribution >= 4 is 11.9 Å². The number of nitrogens with one attached hydrogen (secondary N) is 1. The van der Waals surface area contributed by atoms with Gasteiger partial charge in [-0.05, 0) is 63.9 Å². The Morgan fingerprint density at radius 1 is 1.12 bits per heavy atom. The van der Waals surface area contributed by atoms with Crippen LogP contribution in [-0.4, -0.2) is 25.9 Å². The molecule has 0 radical (unpaired) electrons. The van der Waals surface area contributed by atoms with Gasteiger partial charge < -0.3 is 4.42 Å². The van der Waals surface area contributed by atoms with Crippen LogP contribution in [0.3, 0.4) is 0 Å². The van der Waals surface area contributed by atoms with Crippen LogP contribution < -0.4 is 5.32 Å². The number of rotatable bonds is 4. The summed E-state index contributed by atoms with van der Waals surface area (Å²) in [6.07, 6.45) is 0. The van der Waals surface area contributed by atoms with E-state index in [1.54, 1.807) is 10.7 Å². The second-order valence-corrected chi connectivity index (χ2v) is 6.37. The molecule has 0 spiro atoms. The van der Waals surface area contributed by atoms with Crippen molar-refractivity contribution in [1.29, 1.82) is 0 Å². The van der Waals surface area contributed by atoms with Crippen molar-refractivity contribution in [3.05, 3.63) is 46.8 Å². The summed E-state index contributed by atoms with van der Waals surface area (Å²) in [5.41, 5.74) is 4.38. The number of anilines is 1. The molecule has 2 aromatic heterocycles. The van der Waals surface area contributed by atoms with Gasteiger partial charge in [0.15, 0.2) is 0 Å². The number of hydrogen-bond donors (Lipinski definition) is 1. The lowest BCUT2D eigenvalue weighted by atomic mass is 10.1. The van der Waals surface area contributed by atoms with E-state index in [-0.39, 0.29) is 18.0 Å². The highest BCUT2D eigenvalue weighted by Gasteiger charge is 2.19. The van der Waals surface area contributed by atoms with Crippen molar-refractivity contribution in [3.63, 3.8) is 0 Å². The summed E-state index contributed by atoms with van der Waals surface area (Å²) in [5, 5.41) is 14.9. The van der Waals surface area contributed by atoms with Crippen LogP contribution in [0.4, 0.5) is 6.01 Å². The summed E-state index contributed by atoms with van der Waals surface area (Å²) in [5.74, 6) is 0.0385. The predicted molar refractivity (Wildman–Crippen MR) is 94.5 cm³/mol. The Morgan fingerprint density at radius 3 is 2.56 bits per heavy atom. The van der Waals surface area contributed by atoms with E-state index in [1.807, 2.05) is 52.8 Å². The Bertz CT molecular complexity index is 923. The van der Waals surface area contributed by atoms with Gasteiger partial charge in [-0.2, -0.15) is 5.10 Å². The van der Waals surface area contributed by atoms with Crippen LogP contribution in [0.15, 0.2) is 28.7 Å². The molecule has 1 N–H and O–H groups in total. The Kier molecular flexibility index (Phi) is 4.39. The quantitative estimate of drug-likeness (QED) is 0.783. The predicted octanol–water partition coefficient (Wildman–Crippen LogP) is 3.69. The monoisotopic (exact) mass is 339 g/mol. The smallest absolute Gasteiger partial charge is 0.322 e. The highest BCUT2D eigenvalue weighted by atomic mass is 16.4. The molecular weight excluding hydrogens is 318 g/mol. The lowest BCUT2D eigenvalue weighted by Crippen LogP contribution is -2.19. The highest BCUT2D eigenvalue weighted by molar-refractivity contribution is 6.02. The van der Waals surface area contributed by atoms with Gasteiger partial charge in [0.1, 0.15) is 5.69 Å². The number of benzene rings is 1.